The minimum Gasteiger partial charge on any atom is -0.374 e. The lowest BCUT2D eigenvalue weighted by molar-refractivity contribution is 0.0281. The van der Waals surface area contributed by atoms with Crippen LogP contribution in [0.2, 0.25) is 0 Å². The van der Waals surface area contributed by atoms with Crippen LogP contribution in [0.1, 0.15) is 45.4 Å². The average Bonchev–Trinajstić information content (AvgIpc) is 2.72. The molecule has 1 aliphatic carbocycles. The maximum Gasteiger partial charge on any atom is 0.0733 e. The molecule has 2 aliphatic rings. The van der Waals surface area contributed by atoms with Crippen LogP contribution in [0, 0.1) is 5.92 Å². The molecule has 1 saturated heterocycles. The lowest BCUT2D eigenvalue weighted by Gasteiger charge is -2.24. The predicted molar refractivity (Wildman–Crippen MR) is 53.5 cm³/mol. The highest BCUT2D eigenvalue weighted by atomic mass is 16.5. The van der Waals surface area contributed by atoms with Gasteiger partial charge in [0.1, 0.15) is 0 Å². The van der Waals surface area contributed by atoms with Crippen LogP contribution in [0.25, 0.3) is 0 Å². The van der Waals surface area contributed by atoms with E-state index in [1.54, 1.807) is 0 Å². The lowest BCUT2D eigenvalue weighted by atomic mass is 9.93. The fraction of sp³-hybridized carbons (Fsp3) is 1.00. The van der Waals surface area contributed by atoms with Crippen LogP contribution in [-0.4, -0.2) is 18.2 Å². The largest absolute Gasteiger partial charge is 0.374 e. The molecule has 2 fully saturated rings. The van der Waals surface area contributed by atoms with Crippen molar-refractivity contribution in [2.45, 2.75) is 63.7 Å². The maximum atomic E-state index is 6.22. The molecule has 2 nitrogen and oxygen atoms in total. The van der Waals surface area contributed by atoms with E-state index in [9.17, 15) is 0 Å². The van der Waals surface area contributed by atoms with E-state index in [1.165, 1.54) is 38.5 Å². The van der Waals surface area contributed by atoms with Crippen molar-refractivity contribution >= 4 is 0 Å². The van der Waals surface area contributed by atoms with Gasteiger partial charge in [-0.1, -0.05) is 12.8 Å². The molecule has 2 heteroatoms. The van der Waals surface area contributed by atoms with Crippen molar-refractivity contribution in [3.8, 4) is 0 Å². The standard InChI is InChI=1S/C11H21NO/c1-8-6-7-10(13-8)11(12)9-4-2-3-5-9/h8-11H,2-7,12H2,1H3. The number of hydrogen-bond donors (Lipinski definition) is 1. The number of ether oxygens (including phenoxy) is 1. The minimum atomic E-state index is 0.312. The first-order valence-corrected chi connectivity index (χ1v) is 5.68. The van der Waals surface area contributed by atoms with Gasteiger partial charge in [0.25, 0.3) is 0 Å². The average molecular weight is 183 g/mol. The molecule has 0 amide bonds. The molecule has 0 aromatic carbocycles. The highest BCUT2D eigenvalue weighted by Crippen LogP contribution is 2.32. The van der Waals surface area contributed by atoms with Crippen LogP contribution < -0.4 is 5.73 Å². The van der Waals surface area contributed by atoms with Gasteiger partial charge in [-0.15, -0.1) is 0 Å². The molecule has 0 aromatic heterocycles. The number of rotatable bonds is 2. The number of nitrogens with two attached hydrogens (primary N) is 1. The van der Waals surface area contributed by atoms with Gasteiger partial charge >= 0.3 is 0 Å². The van der Waals surface area contributed by atoms with E-state index in [1.807, 2.05) is 0 Å². The Kier molecular flexibility index (Phi) is 2.89. The highest BCUT2D eigenvalue weighted by molar-refractivity contribution is 4.87. The Labute approximate surface area is 80.8 Å². The Morgan fingerprint density at radius 1 is 1.15 bits per heavy atom. The predicted octanol–water partition coefficient (Wildman–Crippen LogP) is 2.07. The normalized spacial score (nSPS) is 38.3. The van der Waals surface area contributed by atoms with Gasteiger partial charge in [-0.25, -0.2) is 0 Å². The molecule has 3 atom stereocenters. The summed E-state index contributed by atoms with van der Waals surface area (Å²) in [5.74, 6) is 0.746. The fourth-order valence-electron chi connectivity index (χ4n) is 2.76. The Balaban J connectivity index is 1.85. The summed E-state index contributed by atoms with van der Waals surface area (Å²) in [7, 11) is 0. The van der Waals surface area contributed by atoms with Crippen molar-refractivity contribution in [1.29, 1.82) is 0 Å². The fourth-order valence-corrected chi connectivity index (χ4v) is 2.76. The smallest absolute Gasteiger partial charge is 0.0733 e. The summed E-state index contributed by atoms with van der Waals surface area (Å²) in [5, 5.41) is 0. The molecule has 0 radical (unpaired) electrons. The Bertz CT molecular complexity index is 165. The van der Waals surface area contributed by atoms with Crippen LogP contribution >= 0.6 is 0 Å². The van der Waals surface area contributed by atoms with Gasteiger partial charge in [0.05, 0.1) is 12.2 Å². The summed E-state index contributed by atoms with van der Waals surface area (Å²) >= 11 is 0. The molecule has 3 unspecified atom stereocenters. The summed E-state index contributed by atoms with van der Waals surface area (Å²) in [6.07, 6.45) is 8.59. The molecular formula is C11H21NO. The van der Waals surface area contributed by atoms with Gasteiger partial charge in [-0.2, -0.15) is 0 Å². The zero-order chi connectivity index (χ0) is 9.26. The van der Waals surface area contributed by atoms with Crippen LogP contribution in [0.3, 0.4) is 0 Å². The molecule has 1 saturated carbocycles. The molecule has 76 valence electrons. The van der Waals surface area contributed by atoms with Gasteiger partial charge in [0.2, 0.25) is 0 Å². The van der Waals surface area contributed by atoms with Crippen molar-refractivity contribution < 1.29 is 4.74 Å². The highest BCUT2D eigenvalue weighted by Gasteiger charge is 2.33. The van der Waals surface area contributed by atoms with E-state index in [-0.39, 0.29) is 0 Å². The third kappa shape index (κ3) is 2.05. The van der Waals surface area contributed by atoms with E-state index in [4.69, 9.17) is 10.5 Å². The summed E-state index contributed by atoms with van der Waals surface area (Å²) in [4.78, 5) is 0. The first-order chi connectivity index (χ1) is 6.27. The first-order valence-electron chi connectivity index (χ1n) is 5.68. The van der Waals surface area contributed by atoms with Crippen molar-refractivity contribution in [2.24, 2.45) is 11.7 Å². The Morgan fingerprint density at radius 3 is 2.38 bits per heavy atom. The molecular weight excluding hydrogens is 162 g/mol. The van der Waals surface area contributed by atoms with Gasteiger partial charge < -0.3 is 10.5 Å². The monoisotopic (exact) mass is 183 g/mol. The second kappa shape index (κ2) is 3.97. The van der Waals surface area contributed by atoms with E-state index in [0.29, 0.717) is 18.2 Å². The molecule has 0 aromatic rings. The SMILES string of the molecule is CC1CCC(C(N)C2CCCC2)O1. The molecule has 13 heavy (non-hydrogen) atoms. The first kappa shape index (κ1) is 9.47. The quantitative estimate of drug-likeness (QED) is 0.711. The molecule has 0 spiro atoms. The maximum absolute atomic E-state index is 6.22. The summed E-state index contributed by atoms with van der Waals surface area (Å²) in [6, 6.07) is 0.312. The Hall–Kier alpha value is -0.0800. The van der Waals surface area contributed by atoms with Crippen LogP contribution in [0.4, 0.5) is 0 Å². The zero-order valence-electron chi connectivity index (χ0n) is 8.54. The van der Waals surface area contributed by atoms with E-state index >= 15 is 0 Å². The van der Waals surface area contributed by atoms with Crippen LogP contribution in [0.15, 0.2) is 0 Å². The molecule has 2 rings (SSSR count). The third-order valence-electron chi connectivity index (χ3n) is 3.64. The van der Waals surface area contributed by atoms with Crippen molar-refractivity contribution in [3.63, 3.8) is 0 Å². The van der Waals surface area contributed by atoms with Crippen LogP contribution in [0.5, 0.6) is 0 Å². The summed E-state index contributed by atoms with van der Waals surface area (Å²) in [6.45, 7) is 2.15. The van der Waals surface area contributed by atoms with Gasteiger partial charge in [0, 0.05) is 6.04 Å². The minimum absolute atomic E-state index is 0.312. The molecule has 1 aliphatic heterocycles. The zero-order valence-corrected chi connectivity index (χ0v) is 8.54. The lowest BCUT2D eigenvalue weighted by Crippen LogP contribution is -2.40. The second-order valence-corrected chi connectivity index (χ2v) is 4.68. The molecule has 0 bridgehead atoms. The van der Waals surface area contributed by atoms with E-state index in [0.717, 1.165) is 5.92 Å². The van der Waals surface area contributed by atoms with Crippen molar-refractivity contribution in [3.05, 3.63) is 0 Å². The van der Waals surface area contributed by atoms with Gasteiger partial charge in [-0.05, 0) is 38.5 Å². The van der Waals surface area contributed by atoms with E-state index < -0.39 is 0 Å². The second-order valence-electron chi connectivity index (χ2n) is 4.68. The molecule has 2 N–H and O–H groups in total. The Morgan fingerprint density at radius 2 is 1.85 bits per heavy atom. The topological polar surface area (TPSA) is 35.2 Å². The van der Waals surface area contributed by atoms with Gasteiger partial charge in [-0.3, -0.25) is 0 Å². The summed E-state index contributed by atoms with van der Waals surface area (Å²) < 4.78 is 5.81. The summed E-state index contributed by atoms with van der Waals surface area (Å²) in [5.41, 5.74) is 6.22. The van der Waals surface area contributed by atoms with Crippen LogP contribution in [-0.2, 0) is 4.74 Å². The third-order valence-corrected chi connectivity index (χ3v) is 3.64. The van der Waals surface area contributed by atoms with Crippen molar-refractivity contribution in [1.82, 2.24) is 0 Å². The number of hydrogen-bond acceptors (Lipinski definition) is 2. The van der Waals surface area contributed by atoms with Gasteiger partial charge in [0.15, 0.2) is 0 Å². The molecule has 1 heterocycles. The van der Waals surface area contributed by atoms with Crippen molar-refractivity contribution in [2.75, 3.05) is 0 Å². The van der Waals surface area contributed by atoms with E-state index in [2.05, 4.69) is 6.92 Å².